The van der Waals surface area contributed by atoms with Gasteiger partial charge in [0.25, 0.3) is 5.56 Å². The molecular weight excluding hydrogens is 228 g/mol. The molecule has 4 heteroatoms. The number of ketones is 1. The number of rotatable bonds is 7. The van der Waals surface area contributed by atoms with Crippen LogP contribution in [0.4, 0.5) is 5.69 Å². The first kappa shape index (κ1) is 14.5. The van der Waals surface area contributed by atoms with Crippen molar-refractivity contribution in [2.24, 2.45) is 5.92 Å². The molecule has 1 aromatic rings. The predicted molar refractivity (Wildman–Crippen MR) is 73.4 cm³/mol. The lowest BCUT2D eigenvalue weighted by atomic mass is 9.96. The van der Waals surface area contributed by atoms with Crippen molar-refractivity contribution in [2.75, 3.05) is 5.73 Å². The Morgan fingerprint density at radius 1 is 1.39 bits per heavy atom. The summed E-state index contributed by atoms with van der Waals surface area (Å²) >= 11 is 0. The first-order chi connectivity index (χ1) is 8.58. The first-order valence-electron chi connectivity index (χ1n) is 6.55. The van der Waals surface area contributed by atoms with Gasteiger partial charge in [0.05, 0.1) is 12.2 Å². The third kappa shape index (κ3) is 4.02. The van der Waals surface area contributed by atoms with E-state index >= 15 is 0 Å². The first-order valence-corrected chi connectivity index (χ1v) is 6.55. The summed E-state index contributed by atoms with van der Waals surface area (Å²) in [5.74, 6) is 0.695. The Labute approximate surface area is 108 Å². The van der Waals surface area contributed by atoms with E-state index in [0.717, 1.165) is 19.3 Å². The van der Waals surface area contributed by atoms with E-state index in [1.54, 1.807) is 18.3 Å². The van der Waals surface area contributed by atoms with Gasteiger partial charge < -0.3 is 10.3 Å². The molecule has 0 spiro atoms. The Morgan fingerprint density at radius 3 is 2.67 bits per heavy atom. The van der Waals surface area contributed by atoms with E-state index in [1.807, 2.05) is 0 Å². The summed E-state index contributed by atoms with van der Waals surface area (Å²) in [6.07, 6.45) is 5.24. The van der Waals surface area contributed by atoms with Crippen molar-refractivity contribution >= 4 is 11.5 Å². The minimum Gasteiger partial charge on any atom is -0.394 e. The van der Waals surface area contributed by atoms with Gasteiger partial charge in [0.1, 0.15) is 0 Å². The molecule has 2 N–H and O–H groups in total. The fraction of sp³-hybridized carbons (Fsp3) is 0.571. The largest absolute Gasteiger partial charge is 0.394 e. The Kier molecular flexibility index (Phi) is 5.62. The van der Waals surface area contributed by atoms with Gasteiger partial charge in [-0.15, -0.1) is 0 Å². The van der Waals surface area contributed by atoms with Gasteiger partial charge >= 0.3 is 0 Å². The van der Waals surface area contributed by atoms with Gasteiger partial charge in [0.15, 0.2) is 5.78 Å². The van der Waals surface area contributed by atoms with Crippen molar-refractivity contribution in [3.8, 4) is 0 Å². The summed E-state index contributed by atoms with van der Waals surface area (Å²) < 4.78 is 1.38. The van der Waals surface area contributed by atoms with Gasteiger partial charge in [0, 0.05) is 12.6 Å². The van der Waals surface area contributed by atoms with Gasteiger partial charge in [-0.2, -0.15) is 0 Å². The second-order valence-corrected chi connectivity index (χ2v) is 4.66. The minimum atomic E-state index is -0.284. The highest BCUT2D eigenvalue weighted by Gasteiger charge is 2.09. The van der Waals surface area contributed by atoms with Crippen molar-refractivity contribution in [3.63, 3.8) is 0 Å². The molecule has 0 aromatic carbocycles. The lowest BCUT2D eigenvalue weighted by Crippen LogP contribution is -2.25. The van der Waals surface area contributed by atoms with Gasteiger partial charge in [-0.05, 0) is 24.5 Å². The average molecular weight is 250 g/mol. The number of pyridine rings is 1. The average Bonchev–Trinajstić information content (AvgIpc) is 2.36. The zero-order chi connectivity index (χ0) is 13.5. The molecule has 0 aliphatic carbocycles. The zero-order valence-corrected chi connectivity index (χ0v) is 11.2. The Hall–Kier alpha value is -1.58. The maximum Gasteiger partial charge on any atom is 0.274 e. The fourth-order valence-corrected chi connectivity index (χ4v) is 2.01. The molecule has 0 aliphatic rings. The van der Waals surface area contributed by atoms with Crippen LogP contribution in [-0.2, 0) is 11.3 Å². The smallest absolute Gasteiger partial charge is 0.274 e. The highest BCUT2D eigenvalue weighted by Crippen LogP contribution is 2.14. The van der Waals surface area contributed by atoms with Crippen molar-refractivity contribution in [1.29, 1.82) is 0 Å². The van der Waals surface area contributed by atoms with E-state index in [2.05, 4.69) is 13.8 Å². The summed E-state index contributed by atoms with van der Waals surface area (Å²) in [4.78, 5) is 23.5. The number of nitrogen functional groups attached to an aromatic ring is 1. The number of carbonyl (C=O) groups is 1. The van der Waals surface area contributed by atoms with Crippen molar-refractivity contribution < 1.29 is 4.79 Å². The van der Waals surface area contributed by atoms with Gasteiger partial charge in [-0.25, -0.2) is 0 Å². The quantitative estimate of drug-likeness (QED) is 0.807. The number of hydrogen-bond acceptors (Lipinski definition) is 3. The van der Waals surface area contributed by atoms with E-state index in [9.17, 15) is 9.59 Å². The molecule has 0 atom stereocenters. The summed E-state index contributed by atoms with van der Waals surface area (Å²) in [6, 6.07) is 3.23. The molecule has 100 valence electrons. The van der Waals surface area contributed by atoms with Crippen LogP contribution in [0.1, 0.15) is 39.5 Å². The van der Waals surface area contributed by atoms with Crippen LogP contribution >= 0.6 is 0 Å². The Morgan fingerprint density at radius 2 is 2.06 bits per heavy atom. The molecule has 0 fully saturated rings. The number of anilines is 1. The number of carbonyl (C=O) groups excluding carboxylic acids is 1. The van der Waals surface area contributed by atoms with Crippen LogP contribution in [0.5, 0.6) is 0 Å². The maximum atomic E-state index is 11.8. The lowest BCUT2D eigenvalue weighted by Gasteiger charge is -2.11. The summed E-state index contributed by atoms with van der Waals surface area (Å²) in [7, 11) is 0. The standard InChI is InChI=1S/C14H22N2O2/c1-3-11(4-2)7-8-12(17)10-16-9-5-6-13(15)14(16)18/h5-6,9,11H,3-4,7-8,10,15H2,1-2H3. The van der Waals surface area contributed by atoms with E-state index < -0.39 is 0 Å². The SMILES string of the molecule is CCC(CC)CCC(=O)Cn1cccc(N)c1=O. The van der Waals surface area contributed by atoms with Crippen LogP contribution in [0.25, 0.3) is 0 Å². The van der Waals surface area contributed by atoms with Crippen LogP contribution in [0, 0.1) is 5.92 Å². The third-order valence-corrected chi connectivity index (χ3v) is 3.38. The van der Waals surface area contributed by atoms with Gasteiger partial charge in [0.2, 0.25) is 0 Å². The summed E-state index contributed by atoms with van der Waals surface area (Å²) in [6.45, 7) is 4.41. The summed E-state index contributed by atoms with van der Waals surface area (Å²) in [5.41, 5.74) is 5.42. The van der Waals surface area contributed by atoms with Crippen molar-refractivity contribution in [2.45, 2.75) is 46.1 Å². The van der Waals surface area contributed by atoms with E-state index in [-0.39, 0.29) is 23.6 Å². The van der Waals surface area contributed by atoms with Crippen LogP contribution in [-0.4, -0.2) is 10.4 Å². The molecule has 0 bridgehead atoms. The highest BCUT2D eigenvalue weighted by atomic mass is 16.1. The monoisotopic (exact) mass is 250 g/mol. The third-order valence-electron chi connectivity index (χ3n) is 3.38. The minimum absolute atomic E-state index is 0.0922. The molecule has 0 saturated heterocycles. The second kappa shape index (κ2) is 6.99. The molecule has 1 rings (SSSR count). The molecule has 1 heterocycles. The molecular formula is C14H22N2O2. The molecule has 1 aromatic heterocycles. The van der Waals surface area contributed by atoms with Crippen LogP contribution in [0.3, 0.4) is 0 Å². The van der Waals surface area contributed by atoms with Gasteiger partial charge in [-0.1, -0.05) is 26.7 Å². The number of nitrogens with zero attached hydrogens (tertiary/aromatic N) is 1. The highest BCUT2D eigenvalue weighted by molar-refractivity contribution is 5.78. The second-order valence-electron chi connectivity index (χ2n) is 4.66. The maximum absolute atomic E-state index is 11.8. The Bertz CT molecular complexity index is 447. The predicted octanol–water partition coefficient (Wildman–Crippen LogP) is 2.22. The normalized spacial score (nSPS) is 10.8. The molecule has 18 heavy (non-hydrogen) atoms. The van der Waals surface area contributed by atoms with Crippen LogP contribution in [0.15, 0.2) is 23.1 Å². The molecule has 0 unspecified atom stereocenters. The Balaban J connectivity index is 2.55. The van der Waals surface area contributed by atoms with E-state index in [1.165, 1.54) is 4.57 Å². The zero-order valence-electron chi connectivity index (χ0n) is 11.2. The number of aromatic nitrogens is 1. The number of nitrogens with two attached hydrogens (primary N) is 1. The molecule has 0 amide bonds. The van der Waals surface area contributed by atoms with E-state index in [4.69, 9.17) is 5.73 Å². The molecule has 4 nitrogen and oxygen atoms in total. The lowest BCUT2D eigenvalue weighted by molar-refractivity contribution is -0.120. The van der Waals surface area contributed by atoms with Gasteiger partial charge in [-0.3, -0.25) is 9.59 Å². The van der Waals surface area contributed by atoms with Crippen molar-refractivity contribution in [3.05, 3.63) is 28.7 Å². The number of hydrogen-bond donors (Lipinski definition) is 1. The topological polar surface area (TPSA) is 65.1 Å². The molecule has 0 saturated carbocycles. The van der Waals surface area contributed by atoms with Crippen molar-refractivity contribution in [1.82, 2.24) is 4.57 Å². The summed E-state index contributed by atoms with van der Waals surface area (Å²) in [5, 5.41) is 0. The van der Waals surface area contributed by atoms with Crippen LogP contribution < -0.4 is 11.3 Å². The van der Waals surface area contributed by atoms with Crippen LogP contribution in [0.2, 0.25) is 0 Å². The fourth-order valence-electron chi connectivity index (χ4n) is 2.01. The molecule has 0 aliphatic heterocycles. The number of Topliss-reactive ketones (excluding diaryl/α,β-unsaturated/α-hetero) is 1. The van der Waals surface area contributed by atoms with E-state index in [0.29, 0.717) is 12.3 Å². The molecule has 0 radical (unpaired) electrons.